The second-order valence-corrected chi connectivity index (χ2v) is 8.16. The van der Waals surface area contributed by atoms with Crippen LogP contribution in [0.25, 0.3) is 0 Å². The molecule has 3 aliphatic rings. The summed E-state index contributed by atoms with van der Waals surface area (Å²) in [7, 11) is 0. The van der Waals surface area contributed by atoms with E-state index in [9.17, 15) is 5.11 Å². The molecule has 2 aliphatic carbocycles. The molecule has 1 unspecified atom stereocenters. The van der Waals surface area contributed by atoms with E-state index >= 15 is 0 Å². The normalized spacial score (nSPS) is 38.2. The molecule has 0 bridgehead atoms. The van der Waals surface area contributed by atoms with Gasteiger partial charge in [0, 0.05) is 17.4 Å². The van der Waals surface area contributed by atoms with Crippen molar-refractivity contribution in [1.29, 1.82) is 0 Å². The Balaban J connectivity index is 1.86. The molecule has 0 saturated heterocycles. The molecular weight excluding hydrogens is 260 g/mol. The molecule has 0 spiro atoms. The van der Waals surface area contributed by atoms with Crippen LogP contribution in [-0.4, -0.2) is 10.7 Å². The van der Waals surface area contributed by atoms with Gasteiger partial charge in [0.15, 0.2) is 0 Å². The minimum atomic E-state index is -0.0187. The molecule has 21 heavy (non-hydrogen) atoms. The summed E-state index contributed by atoms with van der Waals surface area (Å²) in [6.45, 7) is 9.20. The number of fused-ring (bicyclic) bond motifs is 2. The number of aromatic hydroxyl groups is 1. The third kappa shape index (κ3) is 1.54. The van der Waals surface area contributed by atoms with E-state index in [4.69, 9.17) is 4.74 Å². The topological polar surface area (TPSA) is 29.5 Å². The highest BCUT2D eigenvalue weighted by Crippen LogP contribution is 2.74. The summed E-state index contributed by atoms with van der Waals surface area (Å²) < 4.78 is 6.45. The second-order valence-electron chi connectivity index (χ2n) is 8.16. The van der Waals surface area contributed by atoms with Gasteiger partial charge < -0.3 is 9.84 Å². The molecule has 2 saturated carbocycles. The fraction of sp³-hybridized carbons (Fsp3) is 0.684. The quantitative estimate of drug-likeness (QED) is 0.857. The number of aryl methyl sites for hydroxylation is 1. The van der Waals surface area contributed by atoms with Crippen molar-refractivity contribution in [2.75, 3.05) is 0 Å². The first-order chi connectivity index (χ1) is 9.88. The Morgan fingerprint density at radius 2 is 2.05 bits per heavy atom. The van der Waals surface area contributed by atoms with Gasteiger partial charge in [-0.25, -0.2) is 0 Å². The first kappa shape index (κ1) is 13.5. The molecular formula is C19H26O2. The maximum atomic E-state index is 10.6. The zero-order chi connectivity index (χ0) is 15.0. The second kappa shape index (κ2) is 3.97. The molecule has 4 atom stereocenters. The lowest BCUT2D eigenvalue weighted by atomic mass is 9.45. The van der Waals surface area contributed by atoms with Crippen LogP contribution in [0.2, 0.25) is 0 Å². The van der Waals surface area contributed by atoms with Crippen molar-refractivity contribution in [2.45, 2.75) is 64.9 Å². The van der Waals surface area contributed by atoms with Gasteiger partial charge in [-0.05, 0) is 55.2 Å². The minimum absolute atomic E-state index is 0.0187. The Labute approximate surface area is 127 Å². The van der Waals surface area contributed by atoms with E-state index in [1.807, 2.05) is 6.07 Å². The van der Waals surface area contributed by atoms with Crippen molar-refractivity contribution in [3.63, 3.8) is 0 Å². The standard InChI is InChI=1S/C19H26O2/c1-5-6-11-9-13(20)15-14(10-11)21-19(4)8-7-12-16(19)17(15)18(12,2)3/h9-10,12,16-17,20H,5-8H2,1-4H3/t12-,16?,17+,19+/m0/s1. The number of ether oxygens (including phenoxy) is 1. The molecule has 0 amide bonds. The van der Waals surface area contributed by atoms with Crippen LogP contribution >= 0.6 is 0 Å². The maximum Gasteiger partial charge on any atom is 0.127 e. The third-order valence-electron chi connectivity index (χ3n) is 6.58. The SMILES string of the molecule is CCCc1cc(O)c2c(c1)O[C@]1(C)CC[C@H]3C1[C@@H]2C3(C)C. The molecule has 4 rings (SSSR count). The van der Waals surface area contributed by atoms with Gasteiger partial charge >= 0.3 is 0 Å². The molecule has 1 aromatic carbocycles. The first-order valence-electron chi connectivity index (χ1n) is 8.43. The van der Waals surface area contributed by atoms with E-state index in [2.05, 4.69) is 33.8 Å². The molecule has 0 radical (unpaired) electrons. The minimum Gasteiger partial charge on any atom is -0.508 e. The van der Waals surface area contributed by atoms with Crippen molar-refractivity contribution in [1.82, 2.24) is 0 Å². The average molecular weight is 286 g/mol. The molecule has 0 aromatic heterocycles. The summed E-state index contributed by atoms with van der Waals surface area (Å²) >= 11 is 0. The number of benzene rings is 1. The average Bonchev–Trinajstić information content (AvgIpc) is 2.72. The van der Waals surface area contributed by atoms with Gasteiger partial charge in [0.2, 0.25) is 0 Å². The van der Waals surface area contributed by atoms with Crippen molar-refractivity contribution in [3.05, 3.63) is 23.3 Å². The van der Waals surface area contributed by atoms with Gasteiger partial charge in [0.05, 0.1) is 0 Å². The van der Waals surface area contributed by atoms with Gasteiger partial charge in [-0.2, -0.15) is 0 Å². The van der Waals surface area contributed by atoms with Crippen molar-refractivity contribution < 1.29 is 9.84 Å². The van der Waals surface area contributed by atoms with Gasteiger partial charge in [-0.1, -0.05) is 27.2 Å². The zero-order valence-corrected chi connectivity index (χ0v) is 13.6. The van der Waals surface area contributed by atoms with Crippen LogP contribution in [0.5, 0.6) is 11.5 Å². The number of rotatable bonds is 2. The molecule has 1 heterocycles. The third-order valence-corrected chi connectivity index (χ3v) is 6.58. The van der Waals surface area contributed by atoms with Crippen LogP contribution in [-0.2, 0) is 6.42 Å². The largest absolute Gasteiger partial charge is 0.508 e. The smallest absolute Gasteiger partial charge is 0.127 e. The van der Waals surface area contributed by atoms with E-state index in [0.717, 1.165) is 36.5 Å². The van der Waals surface area contributed by atoms with Gasteiger partial charge in [0.1, 0.15) is 17.1 Å². The fourth-order valence-electron chi connectivity index (χ4n) is 5.63. The van der Waals surface area contributed by atoms with Gasteiger partial charge in [-0.15, -0.1) is 0 Å². The van der Waals surface area contributed by atoms with Crippen LogP contribution in [0.15, 0.2) is 12.1 Å². The Morgan fingerprint density at radius 3 is 2.76 bits per heavy atom. The lowest BCUT2D eigenvalue weighted by Gasteiger charge is -2.62. The number of phenolic OH excluding ortho intramolecular Hbond substituents is 1. The Hall–Kier alpha value is -1.18. The molecule has 114 valence electrons. The molecule has 1 aromatic rings. The maximum absolute atomic E-state index is 10.6. The molecule has 1 aliphatic heterocycles. The number of hydrogen-bond acceptors (Lipinski definition) is 2. The van der Waals surface area contributed by atoms with Crippen LogP contribution in [0.3, 0.4) is 0 Å². The Kier molecular flexibility index (Phi) is 2.55. The van der Waals surface area contributed by atoms with E-state index in [1.54, 1.807) is 0 Å². The highest BCUT2D eigenvalue weighted by molar-refractivity contribution is 5.55. The molecule has 2 nitrogen and oxygen atoms in total. The van der Waals surface area contributed by atoms with Crippen LogP contribution in [0, 0.1) is 17.3 Å². The highest BCUT2D eigenvalue weighted by atomic mass is 16.5. The summed E-state index contributed by atoms with van der Waals surface area (Å²) in [5.74, 6) is 3.20. The van der Waals surface area contributed by atoms with Crippen LogP contribution < -0.4 is 4.74 Å². The molecule has 2 heteroatoms. The Morgan fingerprint density at radius 1 is 1.29 bits per heavy atom. The van der Waals surface area contributed by atoms with E-state index in [-0.39, 0.29) is 11.0 Å². The summed E-state index contributed by atoms with van der Waals surface area (Å²) in [4.78, 5) is 0. The lowest BCUT2D eigenvalue weighted by Crippen LogP contribution is -2.59. The molecule has 1 N–H and O–H groups in total. The number of phenols is 1. The summed E-state index contributed by atoms with van der Waals surface area (Å²) in [5.41, 5.74) is 2.54. The first-order valence-corrected chi connectivity index (χ1v) is 8.43. The molecule has 2 fully saturated rings. The highest BCUT2D eigenvalue weighted by Gasteiger charge is 2.69. The van der Waals surface area contributed by atoms with Crippen molar-refractivity contribution in [3.8, 4) is 11.5 Å². The van der Waals surface area contributed by atoms with Crippen LogP contribution in [0.4, 0.5) is 0 Å². The zero-order valence-electron chi connectivity index (χ0n) is 13.6. The van der Waals surface area contributed by atoms with E-state index in [0.29, 0.717) is 17.6 Å². The van der Waals surface area contributed by atoms with Gasteiger partial charge in [0.25, 0.3) is 0 Å². The summed E-state index contributed by atoms with van der Waals surface area (Å²) in [6, 6.07) is 4.15. The van der Waals surface area contributed by atoms with Crippen LogP contribution in [0.1, 0.15) is 64.0 Å². The van der Waals surface area contributed by atoms with E-state index < -0.39 is 0 Å². The Bertz CT molecular complexity index is 604. The fourth-order valence-corrected chi connectivity index (χ4v) is 5.63. The van der Waals surface area contributed by atoms with Crippen molar-refractivity contribution >= 4 is 0 Å². The van der Waals surface area contributed by atoms with Crippen molar-refractivity contribution in [2.24, 2.45) is 17.3 Å². The number of hydrogen-bond donors (Lipinski definition) is 1. The lowest BCUT2D eigenvalue weighted by molar-refractivity contribution is -0.121. The van der Waals surface area contributed by atoms with Gasteiger partial charge in [-0.3, -0.25) is 0 Å². The summed E-state index contributed by atoms with van der Waals surface area (Å²) in [6.07, 6.45) is 4.51. The summed E-state index contributed by atoms with van der Waals surface area (Å²) in [5, 5.41) is 10.6. The van der Waals surface area contributed by atoms with E-state index in [1.165, 1.54) is 12.0 Å². The monoisotopic (exact) mass is 286 g/mol. The predicted octanol–water partition coefficient (Wildman–Crippen LogP) is 4.65. The predicted molar refractivity (Wildman–Crippen MR) is 83.9 cm³/mol.